The van der Waals surface area contributed by atoms with Crippen molar-refractivity contribution in [1.82, 2.24) is 19.3 Å². The number of rotatable bonds is 5. The fraction of sp³-hybridized carbons (Fsp3) is 0.524. The Hall–Kier alpha value is -2.50. The largest absolute Gasteiger partial charge is 0.368 e. The van der Waals surface area contributed by atoms with Gasteiger partial charge in [-0.3, -0.25) is 4.68 Å². The second-order valence-corrected chi connectivity index (χ2v) is 8.43. The van der Waals surface area contributed by atoms with Crippen LogP contribution >= 0.6 is 0 Å². The molecule has 0 fully saturated rings. The highest BCUT2D eigenvalue weighted by atomic mass is 15.3. The Bertz CT molecular complexity index is 942. The molecule has 146 valence electrons. The molecular formula is C21H32N6. The molecule has 0 unspecified atom stereocenters. The van der Waals surface area contributed by atoms with Crippen LogP contribution in [0.3, 0.4) is 0 Å². The summed E-state index contributed by atoms with van der Waals surface area (Å²) in [5.41, 5.74) is 4.43. The number of aromatic nitrogens is 4. The molecule has 3 aromatic rings. The van der Waals surface area contributed by atoms with Gasteiger partial charge in [-0.15, -0.1) is 0 Å². The van der Waals surface area contributed by atoms with E-state index >= 15 is 0 Å². The average Bonchev–Trinajstić information content (AvgIpc) is 3.10. The summed E-state index contributed by atoms with van der Waals surface area (Å²) in [5, 5.41) is 8.12. The monoisotopic (exact) mass is 368 g/mol. The molecule has 0 spiro atoms. The van der Waals surface area contributed by atoms with Crippen molar-refractivity contribution in [3.63, 3.8) is 0 Å². The van der Waals surface area contributed by atoms with Crippen LogP contribution in [0.1, 0.15) is 47.2 Å². The summed E-state index contributed by atoms with van der Waals surface area (Å²) in [7, 11) is 4.03. The minimum atomic E-state index is 0.0100. The lowest BCUT2D eigenvalue weighted by Crippen LogP contribution is -2.30. The van der Waals surface area contributed by atoms with E-state index in [0.29, 0.717) is 6.04 Å². The maximum absolute atomic E-state index is 4.84. The Morgan fingerprint density at radius 2 is 1.89 bits per heavy atom. The first-order valence-electron chi connectivity index (χ1n) is 9.67. The van der Waals surface area contributed by atoms with E-state index in [2.05, 4.69) is 92.7 Å². The Morgan fingerprint density at radius 1 is 1.19 bits per heavy atom. The Labute approximate surface area is 162 Å². The summed E-state index contributed by atoms with van der Waals surface area (Å²) in [6.45, 7) is 14.1. The van der Waals surface area contributed by atoms with Crippen LogP contribution in [0.25, 0.3) is 11.0 Å². The summed E-state index contributed by atoms with van der Waals surface area (Å²) < 4.78 is 4.02. The highest BCUT2D eigenvalue weighted by Gasteiger charge is 2.21. The van der Waals surface area contributed by atoms with Crippen LogP contribution in [0.5, 0.6) is 0 Å². The van der Waals surface area contributed by atoms with Crippen molar-refractivity contribution in [2.45, 2.75) is 53.0 Å². The molecule has 2 aromatic heterocycles. The molecule has 6 heteroatoms. The molecule has 0 amide bonds. The minimum absolute atomic E-state index is 0.0100. The Morgan fingerprint density at radius 3 is 2.44 bits per heavy atom. The van der Waals surface area contributed by atoms with E-state index in [0.717, 1.165) is 35.0 Å². The van der Waals surface area contributed by atoms with Crippen molar-refractivity contribution >= 4 is 28.5 Å². The lowest BCUT2D eigenvalue weighted by Gasteiger charge is -2.28. The predicted octanol–water partition coefficient (Wildman–Crippen LogP) is 4.58. The molecule has 6 nitrogen and oxygen atoms in total. The van der Waals surface area contributed by atoms with E-state index in [1.54, 1.807) is 0 Å². The van der Waals surface area contributed by atoms with Crippen LogP contribution in [0.15, 0.2) is 24.3 Å². The zero-order valence-electron chi connectivity index (χ0n) is 17.8. The summed E-state index contributed by atoms with van der Waals surface area (Å²) >= 11 is 0. The highest BCUT2D eigenvalue weighted by molar-refractivity contribution is 5.91. The normalized spacial score (nSPS) is 12.2. The first-order chi connectivity index (χ1) is 12.6. The molecule has 0 radical (unpaired) electrons. The van der Waals surface area contributed by atoms with Gasteiger partial charge in [-0.25, -0.2) is 4.98 Å². The van der Waals surface area contributed by atoms with Crippen LogP contribution in [0.2, 0.25) is 0 Å². The number of aryl methyl sites for hydroxylation is 2. The number of benzene rings is 1. The van der Waals surface area contributed by atoms with E-state index in [4.69, 9.17) is 4.98 Å². The van der Waals surface area contributed by atoms with Crippen molar-refractivity contribution in [2.24, 2.45) is 14.1 Å². The molecule has 0 aliphatic heterocycles. The van der Waals surface area contributed by atoms with Gasteiger partial charge in [-0.1, -0.05) is 26.8 Å². The molecule has 0 aliphatic rings. The fourth-order valence-electron chi connectivity index (χ4n) is 3.47. The third-order valence-electron chi connectivity index (χ3n) is 5.03. The quantitative estimate of drug-likeness (QED) is 0.716. The molecule has 0 aliphatic carbocycles. The Balaban J connectivity index is 2.05. The molecule has 0 saturated carbocycles. The topological polar surface area (TPSA) is 50.9 Å². The number of nitrogens with zero attached hydrogens (tertiary/aromatic N) is 5. The van der Waals surface area contributed by atoms with Gasteiger partial charge in [0, 0.05) is 38.2 Å². The van der Waals surface area contributed by atoms with E-state index in [9.17, 15) is 0 Å². The van der Waals surface area contributed by atoms with Gasteiger partial charge >= 0.3 is 0 Å². The maximum atomic E-state index is 4.84. The van der Waals surface area contributed by atoms with Gasteiger partial charge in [0.25, 0.3) is 0 Å². The summed E-state index contributed by atoms with van der Waals surface area (Å²) in [5.74, 6) is 1.76. The summed E-state index contributed by atoms with van der Waals surface area (Å²) in [6.07, 6.45) is 0. The smallest absolute Gasteiger partial charge is 0.209 e. The molecular weight excluding hydrogens is 336 g/mol. The third-order valence-corrected chi connectivity index (χ3v) is 5.03. The Kier molecular flexibility index (Phi) is 4.93. The summed E-state index contributed by atoms with van der Waals surface area (Å²) in [4.78, 5) is 7.24. The molecule has 0 atom stereocenters. The van der Waals surface area contributed by atoms with E-state index in [1.807, 2.05) is 11.7 Å². The van der Waals surface area contributed by atoms with Gasteiger partial charge in [0.15, 0.2) is 0 Å². The number of nitrogens with one attached hydrogen (secondary N) is 1. The number of para-hydroxylation sites is 1. The molecule has 0 bridgehead atoms. The molecule has 2 heterocycles. The van der Waals surface area contributed by atoms with Crippen LogP contribution in [0.4, 0.5) is 17.5 Å². The number of hydrogen-bond acceptors (Lipinski definition) is 4. The van der Waals surface area contributed by atoms with Gasteiger partial charge in [0.2, 0.25) is 5.95 Å². The first kappa shape index (κ1) is 19.3. The van der Waals surface area contributed by atoms with E-state index in [1.165, 1.54) is 5.69 Å². The van der Waals surface area contributed by atoms with Gasteiger partial charge < -0.3 is 14.8 Å². The van der Waals surface area contributed by atoms with Crippen molar-refractivity contribution in [2.75, 3.05) is 16.8 Å². The number of imidazole rings is 1. The van der Waals surface area contributed by atoms with Crippen molar-refractivity contribution in [1.29, 1.82) is 0 Å². The lowest BCUT2D eigenvalue weighted by molar-refractivity contribution is 0.553. The van der Waals surface area contributed by atoms with E-state index in [-0.39, 0.29) is 5.41 Å². The standard InChI is InChI=1S/C21H32N6/c1-9-27(14(2)3)16-12-10-11-15-19(16)25(7)20(22-15)23-18-13-17(21(4,5)6)24-26(18)8/h10-14H,9H2,1-8H3,(H,22,23). The second kappa shape index (κ2) is 6.91. The molecule has 3 rings (SSSR count). The molecule has 27 heavy (non-hydrogen) atoms. The first-order valence-corrected chi connectivity index (χ1v) is 9.67. The lowest BCUT2D eigenvalue weighted by atomic mass is 9.92. The average molecular weight is 369 g/mol. The van der Waals surface area contributed by atoms with Gasteiger partial charge in [-0.2, -0.15) is 5.10 Å². The number of anilines is 3. The zero-order valence-corrected chi connectivity index (χ0v) is 17.8. The minimum Gasteiger partial charge on any atom is -0.368 e. The van der Waals surface area contributed by atoms with Crippen molar-refractivity contribution < 1.29 is 0 Å². The molecule has 0 saturated heterocycles. The van der Waals surface area contributed by atoms with Crippen LogP contribution in [0, 0.1) is 0 Å². The fourth-order valence-corrected chi connectivity index (χ4v) is 3.47. The predicted molar refractivity (Wildman–Crippen MR) is 114 cm³/mol. The van der Waals surface area contributed by atoms with E-state index < -0.39 is 0 Å². The second-order valence-electron chi connectivity index (χ2n) is 8.43. The van der Waals surface area contributed by atoms with Crippen LogP contribution in [-0.2, 0) is 19.5 Å². The van der Waals surface area contributed by atoms with Crippen molar-refractivity contribution in [3.8, 4) is 0 Å². The molecule has 1 aromatic carbocycles. The third kappa shape index (κ3) is 3.53. The van der Waals surface area contributed by atoms with Crippen LogP contribution in [-0.4, -0.2) is 31.9 Å². The van der Waals surface area contributed by atoms with Gasteiger partial charge in [-0.05, 0) is 32.9 Å². The zero-order chi connectivity index (χ0) is 19.9. The SMILES string of the molecule is CCN(c1cccc2nc(Nc3cc(C(C)(C)C)nn3C)n(C)c12)C(C)C. The maximum Gasteiger partial charge on any atom is 0.209 e. The van der Waals surface area contributed by atoms with Gasteiger partial charge in [0.05, 0.1) is 22.4 Å². The summed E-state index contributed by atoms with van der Waals surface area (Å²) in [6, 6.07) is 8.87. The van der Waals surface area contributed by atoms with Crippen molar-refractivity contribution in [3.05, 3.63) is 30.0 Å². The molecule has 1 N–H and O–H groups in total. The number of fused-ring (bicyclic) bond motifs is 1. The van der Waals surface area contributed by atoms with Crippen LogP contribution < -0.4 is 10.2 Å². The highest BCUT2D eigenvalue weighted by Crippen LogP contribution is 2.31. The number of hydrogen-bond donors (Lipinski definition) is 1. The van der Waals surface area contributed by atoms with Gasteiger partial charge in [0.1, 0.15) is 5.82 Å².